The molecule has 0 aromatic heterocycles. The maximum atomic E-state index is 5.91. The van der Waals surface area contributed by atoms with Crippen molar-refractivity contribution >= 4 is 22.1 Å². The molecule has 0 amide bonds. The van der Waals surface area contributed by atoms with Crippen LogP contribution in [0.5, 0.6) is 0 Å². The molecular weight excluding hydrogens is 244 g/mol. The van der Waals surface area contributed by atoms with Crippen molar-refractivity contribution in [2.24, 2.45) is 0 Å². The second-order valence-corrected chi connectivity index (χ2v) is 4.95. The molecule has 0 aliphatic carbocycles. The number of para-hydroxylation sites is 2. The third-order valence-electron chi connectivity index (χ3n) is 3.50. The number of hydrogen-bond acceptors (Lipinski definition) is 2. The van der Waals surface area contributed by atoms with Gasteiger partial charge < -0.3 is 11.1 Å². The van der Waals surface area contributed by atoms with Crippen LogP contribution < -0.4 is 11.1 Å². The summed E-state index contributed by atoms with van der Waals surface area (Å²) < 4.78 is 0. The van der Waals surface area contributed by atoms with E-state index >= 15 is 0 Å². The highest BCUT2D eigenvalue weighted by atomic mass is 14.9. The molecular formula is C18H18N2. The molecule has 3 N–H and O–H groups in total. The molecule has 3 aromatic rings. The quantitative estimate of drug-likeness (QED) is 0.695. The van der Waals surface area contributed by atoms with E-state index in [4.69, 9.17) is 5.73 Å². The summed E-state index contributed by atoms with van der Waals surface area (Å²) in [6.07, 6.45) is 0.985. The van der Waals surface area contributed by atoms with Gasteiger partial charge in [0, 0.05) is 6.54 Å². The zero-order valence-electron chi connectivity index (χ0n) is 11.3. The van der Waals surface area contributed by atoms with Gasteiger partial charge in [-0.2, -0.15) is 0 Å². The SMILES string of the molecule is Nc1ccccc1NCCc1ccc2ccccc2c1. The molecule has 0 saturated carbocycles. The van der Waals surface area contributed by atoms with E-state index in [9.17, 15) is 0 Å². The minimum atomic E-state index is 0.797. The molecule has 0 heterocycles. The second kappa shape index (κ2) is 5.66. The Kier molecular flexibility index (Phi) is 3.55. The highest BCUT2D eigenvalue weighted by Gasteiger charge is 1.98. The Morgan fingerprint density at radius 2 is 1.55 bits per heavy atom. The van der Waals surface area contributed by atoms with Crippen LogP contribution in [0.1, 0.15) is 5.56 Å². The minimum Gasteiger partial charge on any atom is -0.397 e. The van der Waals surface area contributed by atoms with Crippen molar-refractivity contribution in [3.8, 4) is 0 Å². The van der Waals surface area contributed by atoms with E-state index in [-0.39, 0.29) is 0 Å². The molecule has 0 unspecified atom stereocenters. The van der Waals surface area contributed by atoms with Gasteiger partial charge in [0.1, 0.15) is 0 Å². The topological polar surface area (TPSA) is 38.0 Å². The Morgan fingerprint density at radius 3 is 2.40 bits per heavy atom. The van der Waals surface area contributed by atoms with Gasteiger partial charge in [0.15, 0.2) is 0 Å². The third-order valence-corrected chi connectivity index (χ3v) is 3.50. The van der Waals surface area contributed by atoms with Crippen LogP contribution in [0, 0.1) is 0 Å². The third kappa shape index (κ3) is 2.75. The number of nitrogens with two attached hydrogens (primary N) is 1. The van der Waals surface area contributed by atoms with Gasteiger partial charge >= 0.3 is 0 Å². The van der Waals surface area contributed by atoms with Crippen LogP contribution in [0.3, 0.4) is 0 Å². The predicted molar refractivity (Wildman–Crippen MR) is 87.0 cm³/mol. The minimum absolute atomic E-state index is 0.797. The predicted octanol–water partition coefficient (Wildman–Crippen LogP) is 4.08. The van der Waals surface area contributed by atoms with E-state index in [0.717, 1.165) is 24.3 Å². The van der Waals surface area contributed by atoms with Crippen LogP contribution >= 0.6 is 0 Å². The number of nitrogen functional groups attached to an aromatic ring is 1. The van der Waals surface area contributed by atoms with E-state index in [0.29, 0.717) is 0 Å². The molecule has 3 rings (SSSR count). The number of hydrogen-bond donors (Lipinski definition) is 2. The maximum absolute atomic E-state index is 5.91. The smallest absolute Gasteiger partial charge is 0.0574 e. The Balaban J connectivity index is 1.67. The fourth-order valence-corrected chi connectivity index (χ4v) is 2.39. The molecule has 0 aliphatic heterocycles. The van der Waals surface area contributed by atoms with Gasteiger partial charge in [-0.1, -0.05) is 54.6 Å². The number of rotatable bonds is 4. The summed E-state index contributed by atoms with van der Waals surface area (Å²) >= 11 is 0. The summed E-state index contributed by atoms with van der Waals surface area (Å²) in [4.78, 5) is 0. The first-order valence-corrected chi connectivity index (χ1v) is 6.89. The average molecular weight is 262 g/mol. The van der Waals surface area contributed by atoms with Crippen molar-refractivity contribution in [2.75, 3.05) is 17.6 Å². The molecule has 2 nitrogen and oxygen atoms in total. The van der Waals surface area contributed by atoms with E-state index < -0.39 is 0 Å². The van der Waals surface area contributed by atoms with E-state index in [1.807, 2.05) is 24.3 Å². The molecule has 0 radical (unpaired) electrons. The maximum Gasteiger partial charge on any atom is 0.0574 e. The van der Waals surface area contributed by atoms with Gasteiger partial charge in [-0.3, -0.25) is 0 Å². The molecule has 0 spiro atoms. The van der Waals surface area contributed by atoms with Crippen molar-refractivity contribution in [1.82, 2.24) is 0 Å². The van der Waals surface area contributed by atoms with Gasteiger partial charge in [-0.05, 0) is 34.9 Å². The zero-order valence-corrected chi connectivity index (χ0v) is 11.3. The zero-order chi connectivity index (χ0) is 13.8. The summed E-state index contributed by atoms with van der Waals surface area (Å²) in [5.41, 5.74) is 9.06. The van der Waals surface area contributed by atoms with Gasteiger partial charge in [-0.15, -0.1) is 0 Å². The molecule has 0 saturated heterocycles. The monoisotopic (exact) mass is 262 g/mol. The van der Waals surface area contributed by atoms with Crippen molar-refractivity contribution in [1.29, 1.82) is 0 Å². The normalized spacial score (nSPS) is 10.6. The number of anilines is 2. The summed E-state index contributed by atoms with van der Waals surface area (Å²) in [5, 5.41) is 5.97. The Labute approximate surface area is 119 Å². The van der Waals surface area contributed by atoms with Gasteiger partial charge in [-0.25, -0.2) is 0 Å². The summed E-state index contributed by atoms with van der Waals surface area (Å²) in [6.45, 7) is 0.882. The van der Waals surface area contributed by atoms with E-state index in [1.165, 1.54) is 16.3 Å². The molecule has 0 aliphatic rings. The van der Waals surface area contributed by atoms with Crippen molar-refractivity contribution < 1.29 is 0 Å². The molecule has 0 bridgehead atoms. The first kappa shape index (κ1) is 12.5. The Hall–Kier alpha value is -2.48. The largest absolute Gasteiger partial charge is 0.397 e. The lowest BCUT2D eigenvalue weighted by molar-refractivity contribution is 1.02. The lowest BCUT2D eigenvalue weighted by Gasteiger charge is -2.09. The first-order chi connectivity index (χ1) is 9.83. The van der Waals surface area contributed by atoms with Crippen LogP contribution in [-0.2, 0) is 6.42 Å². The van der Waals surface area contributed by atoms with Crippen LogP contribution in [0.15, 0.2) is 66.7 Å². The summed E-state index contributed by atoms with van der Waals surface area (Å²) in [5.74, 6) is 0. The fourth-order valence-electron chi connectivity index (χ4n) is 2.39. The van der Waals surface area contributed by atoms with E-state index in [2.05, 4.69) is 47.8 Å². The van der Waals surface area contributed by atoms with Gasteiger partial charge in [0.05, 0.1) is 11.4 Å². The molecule has 100 valence electrons. The molecule has 2 heteroatoms. The lowest BCUT2D eigenvalue weighted by Crippen LogP contribution is -2.06. The molecule has 0 fully saturated rings. The Morgan fingerprint density at radius 1 is 0.800 bits per heavy atom. The first-order valence-electron chi connectivity index (χ1n) is 6.89. The van der Waals surface area contributed by atoms with Gasteiger partial charge in [0.25, 0.3) is 0 Å². The summed E-state index contributed by atoms with van der Waals surface area (Å²) in [7, 11) is 0. The molecule has 0 atom stereocenters. The standard InChI is InChI=1S/C18H18N2/c19-17-7-3-4-8-18(17)20-12-11-14-9-10-15-5-1-2-6-16(15)13-14/h1-10,13,20H,11-12,19H2. The summed E-state index contributed by atoms with van der Waals surface area (Å²) in [6, 6.07) is 22.9. The van der Waals surface area contributed by atoms with Crippen molar-refractivity contribution in [3.05, 3.63) is 72.3 Å². The number of nitrogens with one attached hydrogen (secondary N) is 1. The fraction of sp³-hybridized carbons (Fsp3) is 0.111. The number of fused-ring (bicyclic) bond motifs is 1. The number of benzene rings is 3. The van der Waals surface area contributed by atoms with Crippen LogP contribution in [0.2, 0.25) is 0 Å². The van der Waals surface area contributed by atoms with Crippen molar-refractivity contribution in [3.63, 3.8) is 0 Å². The van der Waals surface area contributed by atoms with Crippen LogP contribution in [-0.4, -0.2) is 6.54 Å². The highest BCUT2D eigenvalue weighted by molar-refractivity contribution is 5.83. The van der Waals surface area contributed by atoms with Crippen LogP contribution in [0.25, 0.3) is 10.8 Å². The van der Waals surface area contributed by atoms with Crippen LogP contribution in [0.4, 0.5) is 11.4 Å². The van der Waals surface area contributed by atoms with Crippen molar-refractivity contribution in [2.45, 2.75) is 6.42 Å². The van der Waals surface area contributed by atoms with E-state index in [1.54, 1.807) is 0 Å². The van der Waals surface area contributed by atoms with Gasteiger partial charge in [0.2, 0.25) is 0 Å². The highest BCUT2D eigenvalue weighted by Crippen LogP contribution is 2.18. The lowest BCUT2D eigenvalue weighted by atomic mass is 10.1. The molecule has 3 aromatic carbocycles. The second-order valence-electron chi connectivity index (χ2n) is 4.95. The average Bonchev–Trinajstić information content (AvgIpc) is 2.49. The Bertz CT molecular complexity index is 719. The molecule has 20 heavy (non-hydrogen) atoms.